The van der Waals surface area contributed by atoms with Crippen LogP contribution in [0.2, 0.25) is 0 Å². The summed E-state index contributed by atoms with van der Waals surface area (Å²) < 4.78 is 38.7. The SMILES string of the molecule is O=C1[N]c2c(Br)c(F)c(F)c(F)c2NC1=O. The molecule has 2 amide bonds. The first-order valence-corrected chi connectivity index (χ1v) is 4.65. The predicted octanol–water partition coefficient (Wildman–Crippen LogP) is 1.58. The highest BCUT2D eigenvalue weighted by Crippen LogP contribution is 2.39. The van der Waals surface area contributed by atoms with Gasteiger partial charge in [0.05, 0.1) is 4.47 Å². The zero-order valence-electron chi connectivity index (χ0n) is 7.28. The highest BCUT2D eigenvalue weighted by molar-refractivity contribution is 9.10. The molecule has 16 heavy (non-hydrogen) atoms. The molecule has 0 aromatic heterocycles. The van der Waals surface area contributed by atoms with E-state index in [1.54, 1.807) is 5.32 Å². The van der Waals surface area contributed by atoms with Crippen LogP contribution in [-0.4, -0.2) is 11.8 Å². The average molecular weight is 294 g/mol. The molecule has 0 atom stereocenters. The van der Waals surface area contributed by atoms with Crippen LogP contribution in [0.4, 0.5) is 24.5 Å². The van der Waals surface area contributed by atoms with Gasteiger partial charge in [0.25, 0.3) is 0 Å². The second kappa shape index (κ2) is 3.48. The number of halogens is 4. The van der Waals surface area contributed by atoms with E-state index in [2.05, 4.69) is 21.2 Å². The number of hydrogen-bond donors (Lipinski definition) is 1. The van der Waals surface area contributed by atoms with Crippen LogP contribution in [0.15, 0.2) is 4.47 Å². The van der Waals surface area contributed by atoms with Crippen molar-refractivity contribution in [2.24, 2.45) is 0 Å². The summed E-state index contributed by atoms with van der Waals surface area (Å²) in [4.78, 5) is 21.7. The summed E-state index contributed by atoms with van der Waals surface area (Å²) in [5, 5.41) is 4.94. The highest BCUT2D eigenvalue weighted by Gasteiger charge is 2.33. The van der Waals surface area contributed by atoms with Crippen molar-refractivity contribution in [2.45, 2.75) is 0 Å². The molecule has 2 rings (SSSR count). The molecule has 0 spiro atoms. The molecule has 1 heterocycles. The first kappa shape index (κ1) is 10.9. The molecular weight excluding hydrogens is 293 g/mol. The van der Waals surface area contributed by atoms with Crippen molar-refractivity contribution in [1.29, 1.82) is 0 Å². The van der Waals surface area contributed by atoms with Gasteiger partial charge in [-0.15, -0.1) is 0 Å². The van der Waals surface area contributed by atoms with Gasteiger partial charge in [0.2, 0.25) is 0 Å². The zero-order chi connectivity index (χ0) is 12.0. The molecule has 1 aromatic carbocycles. The number of nitrogens with zero attached hydrogens (tertiary/aromatic N) is 1. The Morgan fingerprint density at radius 1 is 1.06 bits per heavy atom. The van der Waals surface area contributed by atoms with Crippen LogP contribution in [0, 0.1) is 17.5 Å². The van der Waals surface area contributed by atoms with Gasteiger partial charge in [0, 0.05) is 0 Å². The number of anilines is 1. The molecule has 0 saturated carbocycles. The molecule has 0 aliphatic carbocycles. The van der Waals surface area contributed by atoms with Crippen LogP contribution in [0.5, 0.6) is 0 Å². The van der Waals surface area contributed by atoms with Gasteiger partial charge in [-0.05, 0) is 15.9 Å². The van der Waals surface area contributed by atoms with Crippen molar-refractivity contribution < 1.29 is 22.8 Å². The van der Waals surface area contributed by atoms with Crippen molar-refractivity contribution in [3.05, 3.63) is 21.9 Å². The van der Waals surface area contributed by atoms with Gasteiger partial charge < -0.3 is 5.32 Å². The van der Waals surface area contributed by atoms with Crippen molar-refractivity contribution in [1.82, 2.24) is 5.32 Å². The quantitative estimate of drug-likeness (QED) is 0.448. The van der Waals surface area contributed by atoms with Crippen molar-refractivity contribution >= 4 is 39.1 Å². The van der Waals surface area contributed by atoms with Crippen molar-refractivity contribution in [2.75, 3.05) is 5.32 Å². The van der Waals surface area contributed by atoms with E-state index in [0.29, 0.717) is 0 Å². The minimum atomic E-state index is -1.75. The van der Waals surface area contributed by atoms with E-state index in [4.69, 9.17) is 0 Å². The average Bonchev–Trinajstić information content (AvgIpc) is 2.26. The maximum Gasteiger partial charge on any atom is 0.335 e. The number of amides is 2. The highest BCUT2D eigenvalue weighted by atomic mass is 79.9. The maximum absolute atomic E-state index is 13.2. The van der Waals surface area contributed by atoms with E-state index in [0.717, 1.165) is 0 Å². The zero-order valence-corrected chi connectivity index (χ0v) is 8.86. The summed E-state index contributed by atoms with van der Waals surface area (Å²) >= 11 is 2.62. The fourth-order valence-electron chi connectivity index (χ4n) is 1.16. The smallest absolute Gasteiger partial charge is 0.313 e. The molecule has 1 N–H and O–H groups in total. The molecule has 4 nitrogen and oxygen atoms in total. The first-order valence-electron chi connectivity index (χ1n) is 3.86. The van der Waals surface area contributed by atoms with Crippen LogP contribution < -0.4 is 10.6 Å². The monoisotopic (exact) mass is 293 g/mol. The largest absolute Gasteiger partial charge is 0.335 e. The summed E-state index contributed by atoms with van der Waals surface area (Å²) in [5.41, 5.74) is -1.13. The molecule has 83 valence electrons. The fraction of sp³-hybridized carbons (Fsp3) is 0. The minimum absolute atomic E-state index is 0.471. The molecule has 0 saturated heterocycles. The lowest BCUT2D eigenvalue weighted by Crippen LogP contribution is -2.34. The maximum atomic E-state index is 13.2. The van der Waals surface area contributed by atoms with E-state index < -0.39 is 45.1 Å². The van der Waals surface area contributed by atoms with Gasteiger partial charge in [-0.2, -0.15) is 0 Å². The van der Waals surface area contributed by atoms with Gasteiger partial charge in [-0.3, -0.25) is 9.59 Å². The van der Waals surface area contributed by atoms with Gasteiger partial charge in [0.15, 0.2) is 17.5 Å². The van der Waals surface area contributed by atoms with Gasteiger partial charge in [-0.25, -0.2) is 18.5 Å². The van der Waals surface area contributed by atoms with E-state index in [1.165, 1.54) is 0 Å². The number of carbonyl (C=O) groups is 2. The molecule has 0 bridgehead atoms. The van der Waals surface area contributed by atoms with E-state index >= 15 is 0 Å². The molecule has 1 radical (unpaired) electrons. The lowest BCUT2D eigenvalue weighted by Gasteiger charge is -2.17. The Morgan fingerprint density at radius 2 is 1.69 bits per heavy atom. The van der Waals surface area contributed by atoms with Crippen molar-refractivity contribution in [3.8, 4) is 0 Å². The normalized spacial score (nSPS) is 14.2. The Bertz CT molecular complexity index is 486. The third-order valence-electron chi connectivity index (χ3n) is 1.89. The first-order chi connectivity index (χ1) is 7.43. The molecule has 8 heteroatoms. The summed E-state index contributed by atoms with van der Waals surface area (Å²) in [5.74, 6) is -7.28. The molecular formula is C8HBrF3N2O2. The Morgan fingerprint density at radius 3 is 2.31 bits per heavy atom. The second-order valence-electron chi connectivity index (χ2n) is 2.85. The predicted molar refractivity (Wildman–Crippen MR) is 49.4 cm³/mol. The van der Waals surface area contributed by atoms with E-state index in [9.17, 15) is 22.8 Å². The lowest BCUT2D eigenvalue weighted by molar-refractivity contribution is -0.135. The number of hydrogen-bond acceptors (Lipinski definition) is 2. The van der Waals surface area contributed by atoms with Crippen LogP contribution in [0.25, 0.3) is 0 Å². The third kappa shape index (κ3) is 1.37. The molecule has 0 unspecified atom stereocenters. The Labute approximate surface area is 94.9 Å². The summed E-state index contributed by atoms with van der Waals surface area (Å²) in [6, 6.07) is 0. The molecule has 1 aliphatic heterocycles. The fourth-order valence-corrected chi connectivity index (χ4v) is 1.62. The van der Waals surface area contributed by atoms with Crippen LogP contribution >= 0.6 is 15.9 Å². The second-order valence-corrected chi connectivity index (χ2v) is 3.64. The molecule has 1 aromatic rings. The number of nitrogens with one attached hydrogen (secondary N) is 1. The number of benzene rings is 1. The molecule has 0 fully saturated rings. The number of fused-ring (bicyclic) bond motifs is 1. The van der Waals surface area contributed by atoms with Crippen LogP contribution in [-0.2, 0) is 9.59 Å². The van der Waals surface area contributed by atoms with Crippen LogP contribution in [0.3, 0.4) is 0 Å². The standard InChI is InChI=1S/C8HBrF3N2O2/c9-1-2(10)3(11)4(12)6-5(1)13-7(15)8(16)14-6/h(H,14,16). The summed E-state index contributed by atoms with van der Waals surface area (Å²) in [7, 11) is 0. The Hall–Kier alpha value is -1.57. The van der Waals surface area contributed by atoms with E-state index in [-0.39, 0.29) is 0 Å². The number of carbonyl (C=O) groups excluding carboxylic acids is 2. The van der Waals surface area contributed by atoms with Gasteiger partial charge >= 0.3 is 11.8 Å². The molecule has 1 aliphatic rings. The van der Waals surface area contributed by atoms with Gasteiger partial charge in [0.1, 0.15) is 11.4 Å². The van der Waals surface area contributed by atoms with Crippen LogP contribution in [0.1, 0.15) is 0 Å². The third-order valence-corrected chi connectivity index (χ3v) is 2.61. The Kier molecular flexibility index (Phi) is 2.38. The number of rotatable bonds is 0. The summed E-state index contributed by atoms with van der Waals surface area (Å²) in [6.45, 7) is 0. The van der Waals surface area contributed by atoms with Gasteiger partial charge in [-0.1, -0.05) is 0 Å². The summed E-state index contributed by atoms with van der Waals surface area (Å²) in [6.07, 6.45) is 0. The van der Waals surface area contributed by atoms with E-state index in [1.807, 2.05) is 0 Å². The van der Waals surface area contributed by atoms with Crippen molar-refractivity contribution in [3.63, 3.8) is 0 Å². The topological polar surface area (TPSA) is 60.3 Å². The Balaban J connectivity index is 2.74. The minimum Gasteiger partial charge on any atom is -0.313 e. The lowest BCUT2D eigenvalue weighted by atomic mass is 10.2.